The predicted octanol–water partition coefficient (Wildman–Crippen LogP) is -1.04. The van der Waals surface area contributed by atoms with E-state index in [0.717, 1.165) is 52.4 Å². The monoisotopic (exact) mass is 228 g/mol. The molecule has 0 bridgehead atoms. The highest BCUT2D eigenvalue weighted by molar-refractivity contribution is 5.72. The summed E-state index contributed by atoms with van der Waals surface area (Å²) in [5.74, 6) is 0.0514. The van der Waals surface area contributed by atoms with Crippen LogP contribution in [0.1, 0.15) is 6.92 Å². The van der Waals surface area contributed by atoms with Gasteiger partial charge in [-0.1, -0.05) is 0 Å². The summed E-state index contributed by atoms with van der Waals surface area (Å²) in [5.41, 5.74) is 0. The molecular formula is C11H24N4O. The molecule has 0 saturated carbocycles. The van der Waals surface area contributed by atoms with Gasteiger partial charge in [-0.15, -0.1) is 0 Å². The summed E-state index contributed by atoms with van der Waals surface area (Å²) in [6.45, 7) is 9.93. The first-order chi connectivity index (χ1) is 7.68. The fourth-order valence-electron chi connectivity index (χ4n) is 1.78. The maximum absolute atomic E-state index is 10.7. The van der Waals surface area contributed by atoms with Crippen molar-refractivity contribution in [1.29, 1.82) is 0 Å². The van der Waals surface area contributed by atoms with Crippen LogP contribution in [-0.4, -0.2) is 75.1 Å². The highest BCUT2D eigenvalue weighted by atomic mass is 16.1. The van der Waals surface area contributed by atoms with Crippen molar-refractivity contribution >= 4 is 5.91 Å². The summed E-state index contributed by atoms with van der Waals surface area (Å²) in [6.07, 6.45) is 0. The number of piperazine rings is 1. The number of rotatable bonds is 6. The summed E-state index contributed by atoms with van der Waals surface area (Å²) in [4.78, 5) is 15.4. The van der Waals surface area contributed by atoms with Gasteiger partial charge in [-0.25, -0.2) is 0 Å². The molecular weight excluding hydrogens is 204 g/mol. The summed E-state index contributed by atoms with van der Waals surface area (Å²) in [5, 5.41) is 6.16. The van der Waals surface area contributed by atoms with Crippen LogP contribution >= 0.6 is 0 Å². The highest BCUT2D eigenvalue weighted by Gasteiger charge is 2.09. The molecule has 0 spiro atoms. The molecule has 1 heterocycles. The van der Waals surface area contributed by atoms with Gasteiger partial charge in [-0.2, -0.15) is 0 Å². The minimum atomic E-state index is 0.0514. The molecule has 5 nitrogen and oxygen atoms in total. The number of carbonyl (C=O) groups is 1. The fourth-order valence-corrected chi connectivity index (χ4v) is 1.78. The van der Waals surface area contributed by atoms with Gasteiger partial charge in [-0.05, 0) is 7.05 Å². The Kier molecular flexibility index (Phi) is 6.37. The Morgan fingerprint density at radius 2 is 2.06 bits per heavy atom. The van der Waals surface area contributed by atoms with Crippen molar-refractivity contribution in [3.05, 3.63) is 0 Å². The number of likely N-dealkylation sites (N-methyl/N-ethyl adjacent to an activating group) is 1. The zero-order valence-corrected chi connectivity index (χ0v) is 10.5. The van der Waals surface area contributed by atoms with Gasteiger partial charge in [0, 0.05) is 59.3 Å². The maximum atomic E-state index is 10.7. The zero-order chi connectivity index (χ0) is 11.8. The van der Waals surface area contributed by atoms with E-state index in [-0.39, 0.29) is 5.91 Å². The minimum Gasteiger partial charge on any atom is -0.355 e. The van der Waals surface area contributed by atoms with Gasteiger partial charge in [0.2, 0.25) is 5.91 Å². The quantitative estimate of drug-likeness (QED) is 0.610. The highest BCUT2D eigenvalue weighted by Crippen LogP contribution is 1.92. The molecule has 0 aromatic rings. The topological polar surface area (TPSA) is 47.6 Å². The molecule has 0 unspecified atom stereocenters. The number of hydrogen-bond donors (Lipinski definition) is 2. The zero-order valence-electron chi connectivity index (χ0n) is 10.5. The van der Waals surface area contributed by atoms with E-state index in [2.05, 4.69) is 27.5 Å². The predicted molar refractivity (Wildman–Crippen MR) is 65.5 cm³/mol. The van der Waals surface area contributed by atoms with Crippen LogP contribution < -0.4 is 10.6 Å². The van der Waals surface area contributed by atoms with E-state index in [1.807, 2.05) is 0 Å². The van der Waals surface area contributed by atoms with Crippen LogP contribution in [-0.2, 0) is 4.79 Å². The molecule has 94 valence electrons. The molecule has 0 aliphatic carbocycles. The standard InChI is InChI=1S/C11H24N4O/c1-11(16)13-5-6-14(2)9-10-15-7-3-12-4-8-15/h12H,3-10H2,1-2H3,(H,13,16). The average molecular weight is 228 g/mol. The molecule has 1 aliphatic heterocycles. The molecule has 0 aromatic carbocycles. The lowest BCUT2D eigenvalue weighted by molar-refractivity contribution is -0.119. The van der Waals surface area contributed by atoms with Crippen LogP contribution in [0, 0.1) is 0 Å². The van der Waals surface area contributed by atoms with E-state index >= 15 is 0 Å². The minimum absolute atomic E-state index is 0.0514. The molecule has 0 atom stereocenters. The third-order valence-corrected chi connectivity index (χ3v) is 2.88. The summed E-state index contributed by atoms with van der Waals surface area (Å²) < 4.78 is 0. The number of nitrogens with one attached hydrogen (secondary N) is 2. The Morgan fingerprint density at radius 1 is 1.38 bits per heavy atom. The largest absolute Gasteiger partial charge is 0.355 e. The average Bonchev–Trinajstić information content (AvgIpc) is 2.27. The third kappa shape index (κ3) is 6.05. The van der Waals surface area contributed by atoms with E-state index < -0.39 is 0 Å². The van der Waals surface area contributed by atoms with Gasteiger partial charge in [-0.3, -0.25) is 9.69 Å². The number of amides is 1. The number of hydrogen-bond acceptors (Lipinski definition) is 4. The Bertz CT molecular complexity index is 204. The molecule has 1 amide bonds. The molecule has 2 N–H and O–H groups in total. The van der Waals surface area contributed by atoms with E-state index in [1.54, 1.807) is 6.92 Å². The molecule has 1 saturated heterocycles. The first kappa shape index (κ1) is 13.4. The Balaban J connectivity index is 2.00. The van der Waals surface area contributed by atoms with Crippen molar-refractivity contribution in [3.63, 3.8) is 0 Å². The molecule has 1 aliphatic rings. The lowest BCUT2D eigenvalue weighted by Crippen LogP contribution is -2.46. The van der Waals surface area contributed by atoms with Gasteiger partial charge in [0.25, 0.3) is 0 Å². The van der Waals surface area contributed by atoms with Gasteiger partial charge >= 0.3 is 0 Å². The lowest BCUT2D eigenvalue weighted by atomic mass is 10.3. The second kappa shape index (κ2) is 7.60. The third-order valence-electron chi connectivity index (χ3n) is 2.88. The fraction of sp³-hybridized carbons (Fsp3) is 0.909. The van der Waals surface area contributed by atoms with Crippen molar-refractivity contribution in [2.45, 2.75) is 6.92 Å². The van der Waals surface area contributed by atoms with Gasteiger partial charge in [0.05, 0.1) is 0 Å². The Morgan fingerprint density at radius 3 is 2.69 bits per heavy atom. The molecule has 1 fully saturated rings. The second-order valence-electron chi connectivity index (χ2n) is 4.38. The van der Waals surface area contributed by atoms with E-state index in [9.17, 15) is 4.79 Å². The van der Waals surface area contributed by atoms with Gasteiger partial charge in [0.1, 0.15) is 0 Å². The van der Waals surface area contributed by atoms with Crippen molar-refractivity contribution in [3.8, 4) is 0 Å². The van der Waals surface area contributed by atoms with Crippen LogP contribution in [0.15, 0.2) is 0 Å². The van der Waals surface area contributed by atoms with Crippen LogP contribution in [0.5, 0.6) is 0 Å². The van der Waals surface area contributed by atoms with E-state index in [0.29, 0.717) is 0 Å². The van der Waals surface area contributed by atoms with Crippen molar-refractivity contribution < 1.29 is 4.79 Å². The Hall–Kier alpha value is -0.650. The molecule has 0 aromatic heterocycles. The number of nitrogens with zero attached hydrogens (tertiary/aromatic N) is 2. The van der Waals surface area contributed by atoms with Crippen LogP contribution in [0.2, 0.25) is 0 Å². The SMILES string of the molecule is CC(=O)NCCN(C)CCN1CCNCC1. The normalized spacial score (nSPS) is 17.7. The van der Waals surface area contributed by atoms with E-state index in [4.69, 9.17) is 0 Å². The van der Waals surface area contributed by atoms with Crippen LogP contribution in [0.3, 0.4) is 0 Å². The molecule has 5 heteroatoms. The summed E-state index contributed by atoms with van der Waals surface area (Å²) in [7, 11) is 2.10. The lowest BCUT2D eigenvalue weighted by Gasteiger charge is -2.29. The Labute approximate surface area is 98.2 Å². The summed E-state index contributed by atoms with van der Waals surface area (Å²) >= 11 is 0. The second-order valence-corrected chi connectivity index (χ2v) is 4.38. The first-order valence-corrected chi connectivity index (χ1v) is 6.04. The first-order valence-electron chi connectivity index (χ1n) is 6.04. The number of carbonyl (C=O) groups excluding carboxylic acids is 1. The summed E-state index contributed by atoms with van der Waals surface area (Å²) in [6, 6.07) is 0. The molecule has 16 heavy (non-hydrogen) atoms. The van der Waals surface area contributed by atoms with E-state index in [1.165, 1.54) is 0 Å². The van der Waals surface area contributed by atoms with Crippen molar-refractivity contribution in [2.75, 3.05) is 59.4 Å². The smallest absolute Gasteiger partial charge is 0.216 e. The van der Waals surface area contributed by atoms with Crippen molar-refractivity contribution in [1.82, 2.24) is 20.4 Å². The van der Waals surface area contributed by atoms with Crippen LogP contribution in [0.4, 0.5) is 0 Å². The van der Waals surface area contributed by atoms with Gasteiger partial charge in [0.15, 0.2) is 0 Å². The van der Waals surface area contributed by atoms with Crippen molar-refractivity contribution in [2.24, 2.45) is 0 Å². The van der Waals surface area contributed by atoms with Crippen LogP contribution in [0.25, 0.3) is 0 Å². The molecule has 1 rings (SSSR count). The molecule has 0 radical (unpaired) electrons. The maximum Gasteiger partial charge on any atom is 0.216 e. The van der Waals surface area contributed by atoms with Gasteiger partial charge < -0.3 is 15.5 Å².